The fourth-order valence-corrected chi connectivity index (χ4v) is 3.08. The van der Waals surface area contributed by atoms with E-state index in [2.05, 4.69) is 10.6 Å². The van der Waals surface area contributed by atoms with E-state index in [1.54, 1.807) is 12.1 Å². The van der Waals surface area contributed by atoms with E-state index in [1.165, 1.54) is 0 Å². The first-order valence-corrected chi connectivity index (χ1v) is 9.00. The van der Waals surface area contributed by atoms with Crippen LogP contribution in [0, 0.1) is 0 Å². The maximum absolute atomic E-state index is 12.3. The molecular weight excluding hydrogens is 350 g/mol. The topological polar surface area (TPSA) is 63.1 Å². The van der Waals surface area contributed by atoms with Crippen LogP contribution in [0.4, 0.5) is 5.69 Å². The summed E-state index contributed by atoms with van der Waals surface area (Å²) < 4.78 is 1.96. The first-order chi connectivity index (χ1) is 13.7. The van der Waals surface area contributed by atoms with Crippen LogP contribution in [0.1, 0.15) is 10.4 Å². The first kappa shape index (κ1) is 17.5. The number of hydrogen-bond acceptors (Lipinski definition) is 2. The van der Waals surface area contributed by atoms with Gasteiger partial charge in [-0.25, -0.2) is 0 Å². The van der Waals surface area contributed by atoms with Crippen LogP contribution in [-0.4, -0.2) is 22.9 Å². The lowest BCUT2D eigenvalue weighted by Crippen LogP contribution is -2.32. The Balaban J connectivity index is 1.37. The highest BCUT2D eigenvalue weighted by atomic mass is 16.2. The van der Waals surface area contributed by atoms with Gasteiger partial charge in [-0.05, 0) is 47.9 Å². The molecule has 0 saturated carbocycles. The molecule has 0 aliphatic carbocycles. The van der Waals surface area contributed by atoms with Crippen molar-refractivity contribution in [3.8, 4) is 5.69 Å². The zero-order valence-electron chi connectivity index (χ0n) is 15.1. The average Bonchev–Trinajstić information content (AvgIpc) is 3.27. The molecule has 2 amide bonds. The van der Waals surface area contributed by atoms with Crippen LogP contribution in [0.25, 0.3) is 16.5 Å². The Morgan fingerprint density at radius 1 is 0.786 bits per heavy atom. The van der Waals surface area contributed by atoms with Gasteiger partial charge < -0.3 is 15.2 Å². The Morgan fingerprint density at radius 3 is 2.29 bits per heavy atom. The number of fused-ring (bicyclic) bond motifs is 1. The van der Waals surface area contributed by atoms with Crippen molar-refractivity contribution in [2.75, 3.05) is 11.9 Å². The molecule has 0 saturated heterocycles. The van der Waals surface area contributed by atoms with Gasteiger partial charge in [0.15, 0.2) is 0 Å². The largest absolute Gasteiger partial charge is 0.343 e. The number of anilines is 1. The molecule has 0 radical (unpaired) electrons. The number of nitrogens with one attached hydrogen (secondary N) is 2. The number of carbonyl (C=O) groups is 2. The fraction of sp³-hybridized carbons (Fsp3) is 0.0435. The zero-order chi connectivity index (χ0) is 19.3. The molecule has 0 aliphatic heterocycles. The van der Waals surface area contributed by atoms with Crippen molar-refractivity contribution in [3.63, 3.8) is 0 Å². The summed E-state index contributed by atoms with van der Waals surface area (Å²) in [5, 5.41) is 7.54. The van der Waals surface area contributed by atoms with E-state index in [0.717, 1.165) is 22.1 Å². The average molecular weight is 369 g/mol. The van der Waals surface area contributed by atoms with Gasteiger partial charge in [-0.3, -0.25) is 9.59 Å². The lowest BCUT2D eigenvalue weighted by atomic mass is 10.1. The molecule has 1 aromatic heterocycles. The summed E-state index contributed by atoms with van der Waals surface area (Å²) >= 11 is 0. The van der Waals surface area contributed by atoms with Crippen molar-refractivity contribution in [2.24, 2.45) is 0 Å². The third kappa shape index (κ3) is 3.78. The number of nitrogens with zero attached hydrogens (tertiary/aromatic N) is 1. The Hall–Kier alpha value is -3.86. The molecule has 2 N–H and O–H groups in total. The molecule has 0 atom stereocenters. The number of amides is 2. The van der Waals surface area contributed by atoms with Gasteiger partial charge in [0.25, 0.3) is 5.91 Å². The summed E-state index contributed by atoms with van der Waals surface area (Å²) in [7, 11) is 0. The third-order valence-corrected chi connectivity index (χ3v) is 4.51. The minimum absolute atomic E-state index is 0.0958. The predicted octanol–water partition coefficient (Wildman–Crippen LogP) is 4.00. The lowest BCUT2D eigenvalue weighted by Gasteiger charge is -2.10. The first-order valence-electron chi connectivity index (χ1n) is 9.00. The van der Waals surface area contributed by atoms with Crippen LogP contribution in [0.2, 0.25) is 0 Å². The molecule has 4 aromatic rings. The standard InChI is InChI=1S/C23H19N3O2/c27-22(25-21-9-5-7-17-6-1-2-8-20(17)21)16-24-23(28)18-10-12-19(13-11-18)26-14-3-4-15-26/h1-15H,16H2,(H,24,28)(H,25,27). The molecule has 0 fully saturated rings. The predicted molar refractivity (Wildman–Crippen MR) is 111 cm³/mol. The van der Waals surface area contributed by atoms with Crippen LogP contribution >= 0.6 is 0 Å². The molecule has 0 unspecified atom stereocenters. The minimum Gasteiger partial charge on any atom is -0.343 e. The summed E-state index contributed by atoms with van der Waals surface area (Å²) in [5.74, 6) is -0.555. The zero-order valence-corrected chi connectivity index (χ0v) is 15.1. The summed E-state index contributed by atoms with van der Waals surface area (Å²) in [6.07, 6.45) is 3.87. The molecular formula is C23H19N3O2. The second-order valence-corrected chi connectivity index (χ2v) is 6.39. The SMILES string of the molecule is O=C(CNC(=O)c1ccc(-n2cccc2)cc1)Nc1cccc2ccccc12. The van der Waals surface area contributed by atoms with Crippen molar-refractivity contribution < 1.29 is 9.59 Å². The number of rotatable bonds is 5. The molecule has 0 spiro atoms. The smallest absolute Gasteiger partial charge is 0.251 e. The molecule has 138 valence electrons. The number of carbonyl (C=O) groups excluding carboxylic acids is 2. The number of hydrogen-bond donors (Lipinski definition) is 2. The van der Waals surface area contributed by atoms with Gasteiger partial charge >= 0.3 is 0 Å². The molecule has 1 heterocycles. The maximum atomic E-state index is 12.3. The van der Waals surface area contributed by atoms with Gasteiger partial charge in [0.1, 0.15) is 0 Å². The summed E-state index contributed by atoms with van der Waals surface area (Å²) in [5.41, 5.74) is 2.21. The van der Waals surface area contributed by atoms with Crippen LogP contribution in [0.15, 0.2) is 91.3 Å². The molecule has 28 heavy (non-hydrogen) atoms. The third-order valence-electron chi connectivity index (χ3n) is 4.51. The summed E-state index contributed by atoms with van der Waals surface area (Å²) in [4.78, 5) is 24.6. The van der Waals surface area contributed by atoms with E-state index in [0.29, 0.717) is 5.56 Å². The Morgan fingerprint density at radius 2 is 1.50 bits per heavy atom. The van der Waals surface area contributed by atoms with Crippen LogP contribution in [-0.2, 0) is 4.79 Å². The van der Waals surface area contributed by atoms with E-state index in [-0.39, 0.29) is 18.4 Å². The number of benzene rings is 3. The highest BCUT2D eigenvalue weighted by Crippen LogP contribution is 2.22. The van der Waals surface area contributed by atoms with Crippen molar-refractivity contribution in [2.45, 2.75) is 0 Å². The van der Waals surface area contributed by atoms with Gasteiger partial charge in [-0.2, -0.15) is 0 Å². The molecule has 0 bridgehead atoms. The summed E-state index contributed by atoms with van der Waals surface area (Å²) in [6, 6.07) is 24.7. The maximum Gasteiger partial charge on any atom is 0.251 e. The molecule has 3 aromatic carbocycles. The van der Waals surface area contributed by atoms with Gasteiger partial charge in [-0.15, -0.1) is 0 Å². The highest BCUT2D eigenvalue weighted by molar-refractivity contribution is 6.04. The van der Waals surface area contributed by atoms with Crippen LogP contribution in [0.5, 0.6) is 0 Å². The van der Waals surface area contributed by atoms with Gasteiger partial charge in [0.05, 0.1) is 6.54 Å². The van der Waals surface area contributed by atoms with Crippen molar-refractivity contribution in [3.05, 3.63) is 96.8 Å². The number of aromatic nitrogens is 1. The normalized spacial score (nSPS) is 10.6. The van der Waals surface area contributed by atoms with Gasteiger partial charge in [0.2, 0.25) is 5.91 Å². The van der Waals surface area contributed by atoms with Gasteiger partial charge in [-0.1, -0.05) is 36.4 Å². The molecule has 4 rings (SSSR count). The van der Waals surface area contributed by atoms with Crippen molar-refractivity contribution >= 4 is 28.3 Å². The Labute approximate surface area is 162 Å². The van der Waals surface area contributed by atoms with Crippen LogP contribution in [0.3, 0.4) is 0 Å². The summed E-state index contributed by atoms with van der Waals surface area (Å²) in [6.45, 7) is -0.0958. The lowest BCUT2D eigenvalue weighted by molar-refractivity contribution is -0.115. The van der Waals surface area contributed by atoms with E-state index in [4.69, 9.17) is 0 Å². The van der Waals surface area contributed by atoms with Gasteiger partial charge in [0, 0.05) is 34.7 Å². The molecule has 0 aliphatic rings. The van der Waals surface area contributed by atoms with E-state index in [9.17, 15) is 9.59 Å². The van der Waals surface area contributed by atoms with Crippen molar-refractivity contribution in [1.29, 1.82) is 0 Å². The van der Waals surface area contributed by atoms with Crippen LogP contribution < -0.4 is 10.6 Å². The quantitative estimate of drug-likeness (QED) is 0.559. The fourth-order valence-electron chi connectivity index (χ4n) is 3.08. The molecule has 5 nitrogen and oxygen atoms in total. The molecule has 5 heteroatoms. The van der Waals surface area contributed by atoms with E-state index in [1.807, 2.05) is 83.7 Å². The van der Waals surface area contributed by atoms with E-state index < -0.39 is 0 Å². The monoisotopic (exact) mass is 369 g/mol. The minimum atomic E-state index is -0.285. The van der Waals surface area contributed by atoms with Crippen molar-refractivity contribution in [1.82, 2.24) is 9.88 Å². The Bertz CT molecular complexity index is 1110. The highest BCUT2D eigenvalue weighted by Gasteiger charge is 2.10. The second kappa shape index (κ2) is 7.80. The van der Waals surface area contributed by atoms with E-state index >= 15 is 0 Å². The Kier molecular flexibility index (Phi) is 4.89. The second-order valence-electron chi connectivity index (χ2n) is 6.39.